The molecule has 1 fully saturated rings. The number of hydrogen-bond donors (Lipinski definition) is 1. The quantitative estimate of drug-likeness (QED) is 0.513. The number of nitrogens with zero attached hydrogens (tertiary/aromatic N) is 1. The molecule has 20 heavy (non-hydrogen) atoms. The van der Waals surface area contributed by atoms with Gasteiger partial charge in [0.25, 0.3) is 0 Å². The van der Waals surface area contributed by atoms with Crippen molar-refractivity contribution >= 4 is 34.0 Å². The van der Waals surface area contributed by atoms with Gasteiger partial charge in [-0.1, -0.05) is 31.1 Å². The molecular formula is C13H18N2O3S2. The zero-order valence-corrected chi connectivity index (χ0v) is 13.0. The van der Waals surface area contributed by atoms with Gasteiger partial charge in [-0.25, -0.2) is 0 Å². The first kappa shape index (κ1) is 15.3. The van der Waals surface area contributed by atoms with Crippen molar-refractivity contribution < 1.29 is 9.72 Å². The molecule has 1 aromatic rings. The van der Waals surface area contributed by atoms with Crippen LogP contribution in [0.4, 0.5) is 5.00 Å². The molecular weight excluding hydrogens is 296 g/mol. The minimum atomic E-state index is -0.395. The fourth-order valence-electron chi connectivity index (χ4n) is 2.45. The van der Waals surface area contributed by atoms with Crippen LogP contribution in [0.1, 0.15) is 32.6 Å². The summed E-state index contributed by atoms with van der Waals surface area (Å²) in [6.07, 6.45) is 4.60. The van der Waals surface area contributed by atoms with Gasteiger partial charge in [0.2, 0.25) is 5.91 Å². The smallest absolute Gasteiger partial charge is 0.337 e. The summed E-state index contributed by atoms with van der Waals surface area (Å²) in [7, 11) is 0. The van der Waals surface area contributed by atoms with Crippen molar-refractivity contribution in [2.45, 2.75) is 43.5 Å². The lowest BCUT2D eigenvalue weighted by Gasteiger charge is -2.29. The topological polar surface area (TPSA) is 72.2 Å². The van der Waals surface area contributed by atoms with E-state index >= 15 is 0 Å². The molecule has 0 radical (unpaired) electrons. The Morgan fingerprint density at radius 3 is 3.00 bits per heavy atom. The van der Waals surface area contributed by atoms with Crippen molar-refractivity contribution in [3.63, 3.8) is 0 Å². The van der Waals surface area contributed by atoms with Crippen molar-refractivity contribution in [3.05, 3.63) is 21.6 Å². The first-order valence-electron chi connectivity index (χ1n) is 6.72. The van der Waals surface area contributed by atoms with Crippen molar-refractivity contribution in [2.75, 3.05) is 5.75 Å². The zero-order valence-electron chi connectivity index (χ0n) is 11.3. The third kappa shape index (κ3) is 3.96. The van der Waals surface area contributed by atoms with Crippen molar-refractivity contribution in [1.29, 1.82) is 0 Å². The Kier molecular flexibility index (Phi) is 5.42. The summed E-state index contributed by atoms with van der Waals surface area (Å²) in [6, 6.07) is 1.96. The van der Waals surface area contributed by atoms with Gasteiger partial charge in [-0.15, -0.1) is 11.8 Å². The maximum atomic E-state index is 11.9. The fraction of sp³-hybridized carbons (Fsp3) is 0.615. The molecule has 1 saturated carbocycles. The maximum absolute atomic E-state index is 11.9. The summed E-state index contributed by atoms with van der Waals surface area (Å²) in [5.74, 6) is 0.725. The normalized spacial score (nSPS) is 22.4. The van der Waals surface area contributed by atoms with E-state index in [-0.39, 0.29) is 22.7 Å². The molecule has 0 spiro atoms. The van der Waals surface area contributed by atoms with E-state index in [2.05, 4.69) is 12.2 Å². The molecule has 7 heteroatoms. The zero-order chi connectivity index (χ0) is 14.5. The van der Waals surface area contributed by atoms with E-state index in [4.69, 9.17) is 0 Å². The van der Waals surface area contributed by atoms with Gasteiger partial charge in [-0.2, -0.15) is 0 Å². The third-order valence-electron chi connectivity index (χ3n) is 3.59. The first-order valence-corrected chi connectivity index (χ1v) is 8.58. The largest absolute Gasteiger partial charge is 0.352 e. The molecule has 110 valence electrons. The van der Waals surface area contributed by atoms with E-state index < -0.39 is 4.92 Å². The number of rotatable bonds is 5. The first-order chi connectivity index (χ1) is 9.58. The van der Waals surface area contributed by atoms with E-state index in [9.17, 15) is 14.9 Å². The van der Waals surface area contributed by atoms with Crippen LogP contribution in [0.25, 0.3) is 0 Å². The van der Waals surface area contributed by atoms with Crippen molar-refractivity contribution in [2.24, 2.45) is 5.92 Å². The Morgan fingerprint density at radius 1 is 1.55 bits per heavy atom. The molecule has 1 aliphatic carbocycles. The average Bonchev–Trinajstić information content (AvgIpc) is 2.88. The van der Waals surface area contributed by atoms with Crippen LogP contribution in [0.5, 0.6) is 0 Å². The summed E-state index contributed by atoms with van der Waals surface area (Å²) in [5, 5.41) is 15.6. The predicted molar refractivity (Wildman–Crippen MR) is 81.3 cm³/mol. The number of amides is 1. The summed E-state index contributed by atoms with van der Waals surface area (Å²) in [4.78, 5) is 22.9. The SMILES string of the molecule is C[C@@H]1CCCC[C@@H]1NC(=O)CSc1ccsc1[N+](=O)[O-]. The molecule has 5 nitrogen and oxygen atoms in total. The Labute approximate surface area is 126 Å². The van der Waals surface area contributed by atoms with Crippen molar-refractivity contribution in [1.82, 2.24) is 5.32 Å². The van der Waals surface area contributed by atoms with E-state index in [1.807, 2.05) is 0 Å². The highest BCUT2D eigenvalue weighted by Crippen LogP contribution is 2.34. The monoisotopic (exact) mass is 314 g/mol. The Balaban J connectivity index is 1.83. The Morgan fingerprint density at radius 2 is 2.30 bits per heavy atom. The summed E-state index contributed by atoms with van der Waals surface area (Å²) in [6.45, 7) is 2.17. The van der Waals surface area contributed by atoms with Gasteiger partial charge in [-0.05, 0) is 30.2 Å². The van der Waals surface area contributed by atoms with Gasteiger partial charge in [0.15, 0.2) is 0 Å². The summed E-state index contributed by atoms with van der Waals surface area (Å²) in [5.41, 5.74) is 0. The molecule has 2 rings (SSSR count). The number of thioether (sulfide) groups is 1. The summed E-state index contributed by atoms with van der Waals surface area (Å²) < 4.78 is 0. The van der Waals surface area contributed by atoms with Crippen LogP contribution in [0, 0.1) is 16.0 Å². The lowest BCUT2D eigenvalue weighted by atomic mass is 9.86. The highest BCUT2D eigenvalue weighted by molar-refractivity contribution is 8.00. The molecule has 0 saturated heterocycles. The van der Waals surface area contributed by atoms with Crippen LogP contribution in [0.15, 0.2) is 16.3 Å². The molecule has 1 aliphatic rings. The highest BCUT2D eigenvalue weighted by atomic mass is 32.2. The third-order valence-corrected chi connectivity index (χ3v) is 5.63. The van der Waals surface area contributed by atoms with Gasteiger partial charge < -0.3 is 5.32 Å². The molecule has 1 N–H and O–H groups in total. The fourth-order valence-corrected chi connectivity index (χ4v) is 4.20. The van der Waals surface area contributed by atoms with E-state index in [1.54, 1.807) is 11.4 Å². The summed E-state index contributed by atoms with van der Waals surface area (Å²) >= 11 is 2.33. The molecule has 2 atom stereocenters. The lowest BCUT2D eigenvalue weighted by molar-refractivity contribution is -0.382. The van der Waals surface area contributed by atoms with Gasteiger partial charge in [0.05, 0.1) is 15.6 Å². The van der Waals surface area contributed by atoms with E-state index in [0.717, 1.165) is 24.2 Å². The second-order valence-electron chi connectivity index (χ2n) is 5.07. The minimum absolute atomic E-state index is 0.0331. The minimum Gasteiger partial charge on any atom is -0.352 e. The number of nitrogens with one attached hydrogen (secondary N) is 1. The standard InChI is InChI=1S/C13H18N2O3S2/c1-9-4-2-3-5-10(9)14-12(16)8-20-11-6-7-19-13(11)15(17)18/h6-7,9-10H,2-5,8H2,1H3,(H,14,16)/t9-,10+/m1/s1. The molecule has 0 aliphatic heterocycles. The number of carbonyl (C=O) groups is 1. The number of carbonyl (C=O) groups excluding carboxylic acids is 1. The van der Waals surface area contributed by atoms with Crippen LogP contribution in [0.3, 0.4) is 0 Å². The van der Waals surface area contributed by atoms with Crippen LogP contribution in [0.2, 0.25) is 0 Å². The van der Waals surface area contributed by atoms with Crippen LogP contribution >= 0.6 is 23.1 Å². The average molecular weight is 314 g/mol. The van der Waals surface area contributed by atoms with Gasteiger partial charge in [0, 0.05) is 6.04 Å². The second-order valence-corrected chi connectivity index (χ2v) is 6.98. The van der Waals surface area contributed by atoms with Gasteiger partial charge in [0.1, 0.15) is 0 Å². The molecule has 0 bridgehead atoms. The van der Waals surface area contributed by atoms with Gasteiger partial charge in [-0.3, -0.25) is 14.9 Å². The Hall–Kier alpha value is -1.08. The maximum Gasteiger partial charge on any atom is 0.337 e. The molecule has 0 aromatic carbocycles. The molecule has 0 unspecified atom stereocenters. The van der Waals surface area contributed by atoms with E-state index in [1.165, 1.54) is 24.6 Å². The molecule has 1 heterocycles. The van der Waals surface area contributed by atoms with Crippen LogP contribution in [-0.4, -0.2) is 22.6 Å². The van der Waals surface area contributed by atoms with E-state index in [0.29, 0.717) is 10.8 Å². The predicted octanol–water partition coefficient (Wildman–Crippen LogP) is 3.44. The number of hydrogen-bond acceptors (Lipinski definition) is 5. The molecule has 1 aromatic heterocycles. The van der Waals surface area contributed by atoms with Crippen molar-refractivity contribution in [3.8, 4) is 0 Å². The number of thiophene rings is 1. The number of nitro groups is 1. The Bertz CT molecular complexity index is 490. The molecule has 1 amide bonds. The lowest BCUT2D eigenvalue weighted by Crippen LogP contribution is -2.41. The highest BCUT2D eigenvalue weighted by Gasteiger charge is 2.23. The van der Waals surface area contributed by atoms with Gasteiger partial charge >= 0.3 is 5.00 Å². The second kappa shape index (κ2) is 7.08. The van der Waals surface area contributed by atoms with Crippen LogP contribution < -0.4 is 5.32 Å². The van der Waals surface area contributed by atoms with Crippen LogP contribution in [-0.2, 0) is 4.79 Å².